The summed E-state index contributed by atoms with van der Waals surface area (Å²) in [5, 5.41) is 3.00. The fraction of sp³-hybridized carbons (Fsp3) is 0.538. The molecule has 8 heteroatoms. The maximum Gasteiger partial charge on any atom is 0.231 e. The largest absolute Gasteiger partial charge is 0.454 e. The first-order valence-electron chi connectivity index (χ1n) is 12.2. The highest BCUT2D eigenvalue weighted by molar-refractivity contribution is 5.99. The second-order valence-corrected chi connectivity index (χ2v) is 9.56. The lowest BCUT2D eigenvalue weighted by Crippen LogP contribution is -2.40. The summed E-state index contributed by atoms with van der Waals surface area (Å²) < 4.78 is 18.7. The first-order valence-corrected chi connectivity index (χ1v) is 12.2. The number of aromatic nitrogens is 1. The minimum absolute atomic E-state index is 0.0162. The number of rotatable bonds is 7. The van der Waals surface area contributed by atoms with Crippen molar-refractivity contribution in [2.24, 2.45) is 5.92 Å². The van der Waals surface area contributed by atoms with Gasteiger partial charge in [-0.05, 0) is 70.8 Å². The van der Waals surface area contributed by atoms with Gasteiger partial charge >= 0.3 is 0 Å². The van der Waals surface area contributed by atoms with Gasteiger partial charge in [0.1, 0.15) is 0 Å². The molecule has 1 amide bonds. The van der Waals surface area contributed by atoms with E-state index in [9.17, 15) is 9.59 Å². The van der Waals surface area contributed by atoms with Gasteiger partial charge in [0.15, 0.2) is 17.3 Å². The topological polar surface area (TPSA) is 82.0 Å². The second-order valence-electron chi connectivity index (χ2n) is 9.56. The number of hydrogen-bond donors (Lipinski definition) is 1. The summed E-state index contributed by atoms with van der Waals surface area (Å²) in [4.78, 5) is 28.0. The van der Waals surface area contributed by atoms with Gasteiger partial charge in [0, 0.05) is 47.8 Å². The van der Waals surface area contributed by atoms with Gasteiger partial charge in [-0.25, -0.2) is 0 Å². The van der Waals surface area contributed by atoms with Crippen molar-refractivity contribution < 1.29 is 23.8 Å². The Hall–Kier alpha value is -2.84. The number of carbonyl (C=O) groups excluding carboxylic acids is 2. The van der Waals surface area contributed by atoms with E-state index in [1.807, 2.05) is 25.1 Å². The Bertz CT molecular complexity index is 1060. The average molecular weight is 468 g/mol. The molecule has 4 heterocycles. The van der Waals surface area contributed by atoms with Crippen LogP contribution in [0.25, 0.3) is 0 Å². The molecule has 1 atom stereocenters. The summed E-state index contributed by atoms with van der Waals surface area (Å²) in [6.07, 6.45) is 3.91. The van der Waals surface area contributed by atoms with Crippen molar-refractivity contribution in [1.82, 2.24) is 9.47 Å². The molecule has 8 nitrogen and oxygen atoms in total. The first kappa shape index (κ1) is 22.9. The summed E-state index contributed by atoms with van der Waals surface area (Å²) in [6.45, 7) is 7.81. The van der Waals surface area contributed by atoms with Gasteiger partial charge in [0.25, 0.3) is 0 Å². The SMILES string of the molecule is Cc1cc(C(=O)CN2CCC(C(=O)Nc3ccc4c(c3)OCO4)CC2)c(C)n1C[C@@H]1CCCO1. The van der Waals surface area contributed by atoms with E-state index < -0.39 is 0 Å². The van der Waals surface area contributed by atoms with Crippen molar-refractivity contribution >= 4 is 17.4 Å². The standard InChI is InChI=1S/C26H33N3O5/c1-17-12-22(18(2)29(17)14-21-4-3-11-32-21)23(30)15-28-9-7-19(8-10-28)26(31)27-20-5-6-24-25(13-20)34-16-33-24/h5-6,12-13,19,21H,3-4,7-11,14-16H2,1-2H3,(H,27,31)/t21-/m0/s1. The molecular formula is C26H33N3O5. The number of nitrogens with zero attached hydrogens (tertiary/aromatic N) is 2. The van der Waals surface area contributed by atoms with E-state index in [2.05, 4.69) is 21.7 Å². The van der Waals surface area contributed by atoms with Gasteiger partial charge in [-0.15, -0.1) is 0 Å². The zero-order chi connectivity index (χ0) is 23.7. The van der Waals surface area contributed by atoms with Crippen LogP contribution < -0.4 is 14.8 Å². The van der Waals surface area contributed by atoms with Gasteiger partial charge in [-0.2, -0.15) is 0 Å². The van der Waals surface area contributed by atoms with Gasteiger partial charge in [-0.1, -0.05) is 0 Å². The Morgan fingerprint density at radius 3 is 2.62 bits per heavy atom. The number of fused-ring (bicyclic) bond motifs is 1. The Balaban J connectivity index is 1.13. The molecule has 0 spiro atoms. The van der Waals surface area contributed by atoms with Crippen LogP contribution in [-0.4, -0.2) is 60.3 Å². The number of likely N-dealkylation sites (tertiary alicyclic amines) is 1. The quantitative estimate of drug-likeness (QED) is 0.628. The number of anilines is 1. The maximum atomic E-state index is 13.1. The summed E-state index contributed by atoms with van der Waals surface area (Å²) in [5.41, 5.74) is 3.65. The van der Waals surface area contributed by atoms with Crippen LogP contribution in [0.3, 0.4) is 0 Å². The van der Waals surface area contributed by atoms with Crippen molar-refractivity contribution in [3.05, 3.63) is 41.2 Å². The molecule has 0 radical (unpaired) electrons. The molecule has 1 aromatic carbocycles. The molecule has 0 unspecified atom stereocenters. The third-order valence-electron chi connectivity index (χ3n) is 7.25. The highest BCUT2D eigenvalue weighted by Gasteiger charge is 2.28. The van der Waals surface area contributed by atoms with Crippen molar-refractivity contribution in [3.63, 3.8) is 0 Å². The Morgan fingerprint density at radius 2 is 1.85 bits per heavy atom. The summed E-state index contributed by atoms with van der Waals surface area (Å²) in [6, 6.07) is 7.44. The molecule has 182 valence electrons. The number of hydrogen-bond acceptors (Lipinski definition) is 6. The number of benzene rings is 1. The second kappa shape index (κ2) is 9.80. The van der Waals surface area contributed by atoms with Crippen LogP contribution in [-0.2, 0) is 16.1 Å². The predicted octanol–water partition coefficient (Wildman–Crippen LogP) is 3.55. The summed E-state index contributed by atoms with van der Waals surface area (Å²) in [5.74, 6) is 1.45. The van der Waals surface area contributed by atoms with Crippen LogP contribution in [0, 0.1) is 19.8 Å². The van der Waals surface area contributed by atoms with Gasteiger partial charge in [0.2, 0.25) is 12.7 Å². The predicted molar refractivity (Wildman–Crippen MR) is 128 cm³/mol. The monoisotopic (exact) mass is 467 g/mol. The molecule has 5 rings (SSSR count). The van der Waals surface area contributed by atoms with Gasteiger partial charge in [-0.3, -0.25) is 14.5 Å². The fourth-order valence-electron chi connectivity index (χ4n) is 5.22. The van der Waals surface area contributed by atoms with Crippen molar-refractivity contribution in [1.29, 1.82) is 0 Å². The summed E-state index contributed by atoms with van der Waals surface area (Å²) in [7, 11) is 0. The lowest BCUT2D eigenvalue weighted by atomic mass is 9.95. The minimum atomic E-state index is -0.0618. The van der Waals surface area contributed by atoms with E-state index in [0.29, 0.717) is 23.7 Å². The Kier molecular flexibility index (Phi) is 6.61. The molecule has 0 saturated carbocycles. The molecule has 3 aliphatic rings. The maximum absolute atomic E-state index is 13.1. The highest BCUT2D eigenvalue weighted by atomic mass is 16.7. The van der Waals surface area contributed by atoms with Crippen LogP contribution in [0.5, 0.6) is 11.5 Å². The number of nitrogens with one attached hydrogen (secondary N) is 1. The number of Topliss-reactive ketones (excluding diaryl/α,β-unsaturated/α-hetero) is 1. The zero-order valence-electron chi connectivity index (χ0n) is 20.0. The Labute approximate surface area is 200 Å². The molecule has 2 aromatic rings. The summed E-state index contributed by atoms with van der Waals surface area (Å²) >= 11 is 0. The number of amides is 1. The smallest absolute Gasteiger partial charge is 0.231 e. The number of ether oxygens (including phenoxy) is 3. The van der Waals surface area contributed by atoms with E-state index in [1.54, 1.807) is 6.07 Å². The molecule has 2 saturated heterocycles. The molecule has 2 fully saturated rings. The number of aryl methyl sites for hydroxylation is 1. The molecule has 0 bridgehead atoms. The number of piperidine rings is 1. The number of carbonyl (C=O) groups is 2. The fourth-order valence-corrected chi connectivity index (χ4v) is 5.22. The minimum Gasteiger partial charge on any atom is -0.454 e. The van der Waals surface area contributed by atoms with E-state index in [4.69, 9.17) is 14.2 Å². The van der Waals surface area contributed by atoms with Crippen molar-refractivity contribution in [3.8, 4) is 11.5 Å². The van der Waals surface area contributed by atoms with Gasteiger partial charge < -0.3 is 24.1 Å². The van der Waals surface area contributed by atoms with Crippen LogP contribution in [0.1, 0.15) is 47.4 Å². The van der Waals surface area contributed by atoms with E-state index in [-0.39, 0.29) is 30.5 Å². The average Bonchev–Trinajstić information content (AvgIpc) is 3.57. The molecule has 3 aliphatic heterocycles. The third kappa shape index (κ3) is 4.83. The van der Waals surface area contributed by atoms with Crippen LogP contribution >= 0.6 is 0 Å². The molecule has 1 aromatic heterocycles. The van der Waals surface area contributed by atoms with E-state index in [1.165, 1.54) is 0 Å². The number of ketones is 1. The van der Waals surface area contributed by atoms with Crippen molar-refractivity contribution in [2.75, 3.05) is 38.4 Å². The van der Waals surface area contributed by atoms with Crippen molar-refractivity contribution in [2.45, 2.75) is 52.2 Å². The normalized spacial score (nSPS) is 20.6. The molecule has 34 heavy (non-hydrogen) atoms. The molecule has 0 aliphatic carbocycles. The lowest BCUT2D eigenvalue weighted by molar-refractivity contribution is -0.121. The van der Waals surface area contributed by atoms with Crippen LogP contribution in [0.2, 0.25) is 0 Å². The van der Waals surface area contributed by atoms with E-state index in [0.717, 1.165) is 68.9 Å². The molecule has 1 N–H and O–H groups in total. The van der Waals surface area contributed by atoms with E-state index >= 15 is 0 Å². The first-order chi connectivity index (χ1) is 16.5. The zero-order valence-corrected chi connectivity index (χ0v) is 20.0. The molecular weight excluding hydrogens is 434 g/mol. The van der Waals surface area contributed by atoms with Gasteiger partial charge in [0.05, 0.1) is 12.6 Å². The third-order valence-corrected chi connectivity index (χ3v) is 7.25. The van der Waals surface area contributed by atoms with Crippen LogP contribution in [0.15, 0.2) is 24.3 Å². The highest BCUT2D eigenvalue weighted by Crippen LogP contribution is 2.34. The Morgan fingerprint density at radius 1 is 1.06 bits per heavy atom. The van der Waals surface area contributed by atoms with Crippen LogP contribution in [0.4, 0.5) is 5.69 Å². The lowest BCUT2D eigenvalue weighted by Gasteiger charge is -2.30.